The van der Waals surface area contributed by atoms with E-state index in [0.717, 1.165) is 53.7 Å². The SMILES string of the molecule is C=C/C(=C\C=C\C)SC1C=C2[C@@](C)(CC[C@@](CCC(C)(C)C(=O)O)(C(C)CC)[C@]2(C)CC)c2cc(OC(C)=O)c(OC(C)=O)c(C)c21. The van der Waals surface area contributed by atoms with Crippen LogP contribution in [-0.2, 0) is 19.8 Å². The molecule has 0 amide bonds. The van der Waals surface area contributed by atoms with Crippen molar-refractivity contribution in [2.24, 2.45) is 22.2 Å². The van der Waals surface area contributed by atoms with Gasteiger partial charge in [0.25, 0.3) is 0 Å². The van der Waals surface area contributed by atoms with Gasteiger partial charge in [0.2, 0.25) is 0 Å². The molecule has 2 unspecified atom stereocenters. The Morgan fingerprint density at radius 3 is 2.30 bits per heavy atom. The molecule has 0 saturated heterocycles. The highest BCUT2D eigenvalue weighted by Gasteiger charge is 2.61. The Morgan fingerprint density at radius 1 is 1.15 bits per heavy atom. The van der Waals surface area contributed by atoms with Gasteiger partial charge in [-0.3, -0.25) is 14.4 Å². The smallest absolute Gasteiger partial charge is 0.309 e. The van der Waals surface area contributed by atoms with Gasteiger partial charge in [0.15, 0.2) is 11.5 Å². The molecule has 47 heavy (non-hydrogen) atoms. The second-order valence-corrected chi connectivity index (χ2v) is 15.8. The Morgan fingerprint density at radius 2 is 1.79 bits per heavy atom. The van der Waals surface area contributed by atoms with E-state index in [2.05, 4.69) is 53.3 Å². The predicted octanol–water partition coefficient (Wildman–Crippen LogP) is 10.6. The maximum absolute atomic E-state index is 12.3. The summed E-state index contributed by atoms with van der Waals surface area (Å²) in [5, 5.41) is 9.93. The van der Waals surface area contributed by atoms with E-state index < -0.39 is 28.7 Å². The molecule has 1 fully saturated rings. The Bertz CT molecular complexity index is 1500. The molecular weight excluding hydrogens is 609 g/mol. The summed E-state index contributed by atoms with van der Waals surface area (Å²) in [6.45, 7) is 26.0. The van der Waals surface area contributed by atoms with Crippen molar-refractivity contribution in [3.8, 4) is 11.5 Å². The van der Waals surface area contributed by atoms with Crippen LogP contribution in [0.1, 0.15) is 130 Å². The van der Waals surface area contributed by atoms with Gasteiger partial charge in [-0.05, 0) is 99.8 Å². The monoisotopic (exact) mass is 664 g/mol. The number of fused-ring (bicyclic) bond motifs is 3. The topological polar surface area (TPSA) is 89.9 Å². The number of esters is 2. The zero-order valence-corrected chi connectivity index (χ0v) is 31.3. The molecule has 5 atom stereocenters. The van der Waals surface area contributed by atoms with Crippen LogP contribution >= 0.6 is 11.8 Å². The summed E-state index contributed by atoms with van der Waals surface area (Å²) in [6.07, 6.45) is 15.4. The number of hydrogen-bond acceptors (Lipinski definition) is 6. The average molecular weight is 665 g/mol. The fourth-order valence-electron chi connectivity index (χ4n) is 8.35. The predicted molar refractivity (Wildman–Crippen MR) is 193 cm³/mol. The molecule has 6 nitrogen and oxygen atoms in total. The van der Waals surface area contributed by atoms with Crippen molar-refractivity contribution in [3.05, 3.63) is 70.2 Å². The Balaban J connectivity index is 2.43. The normalized spacial score (nSPS) is 26.6. The molecule has 0 aliphatic heterocycles. The summed E-state index contributed by atoms with van der Waals surface area (Å²) < 4.78 is 11.5. The quantitative estimate of drug-likeness (QED) is 0.0971. The van der Waals surface area contributed by atoms with Crippen molar-refractivity contribution in [1.29, 1.82) is 0 Å². The molecule has 7 heteroatoms. The van der Waals surface area contributed by atoms with E-state index in [9.17, 15) is 19.5 Å². The van der Waals surface area contributed by atoms with E-state index in [-0.39, 0.29) is 27.6 Å². The molecule has 1 saturated carbocycles. The number of rotatable bonds is 13. The van der Waals surface area contributed by atoms with Crippen LogP contribution in [0.5, 0.6) is 11.5 Å². The van der Waals surface area contributed by atoms with Crippen LogP contribution in [-0.4, -0.2) is 23.0 Å². The first-order valence-electron chi connectivity index (χ1n) is 17.0. The van der Waals surface area contributed by atoms with Crippen molar-refractivity contribution < 1.29 is 29.0 Å². The molecule has 0 bridgehead atoms. The van der Waals surface area contributed by atoms with Gasteiger partial charge in [-0.2, -0.15) is 0 Å². The van der Waals surface area contributed by atoms with Crippen LogP contribution in [0.15, 0.2) is 53.5 Å². The first kappa shape index (κ1) is 38.4. The van der Waals surface area contributed by atoms with E-state index in [1.807, 2.05) is 52.0 Å². The molecule has 3 rings (SSSR count). The lowest BCUT2D eigenvalue weighted by Gasteiger charge is -2.63. The third kappa shape index (κ3) is 7.06. The number of aliphatic carboxylic acids is 1. The zero-order chi connectivity index (χ0) is 35.5. The number of carbonyl (C=O) groups is 3. The zero-order valence-electron chi connectivity index (χ0n) is 30.5. The van der Waals surface area contributed by atoms with Gasteiger partial charge < -0.3 is 14.6 Å². The molecule has 0 radical (unpaired) electrons. The number of carboxylic acids is 1. The molecule has 2 aliphatic carbocycles. The van der Waals surface area contributed by atoms with Gasteiger partial charge in [-0.15, -0.1) is 11.8 Å². The molecule has 0 heterocycles. The molecule has 0 spiro atoms. The maximum atomic E-state index is 12.3. The molecule has 2 aliphatic rings. The Kier molecular flexibility index (Phi) is 11.9. The van der Waals surface area contributed by atoms with Crippen LogP contribution in [0.25, 0.3) is 0 Å². The van der Waals surface area contributed by atoms with Gasteiger partial charge >= 0.3 is 17.9 Å². The van der Waals surface area contributed by atoms with Gasteiger partial charge in [-0.1, -0.05) is 77.5 Å². The highest BCUT2D eigenvalue weighted by molar-refractivity contribution is 8.03. The summed E-state index contributed by atoms with van der Waals surface area (Å²) in [6, 6.07) is 1.94. The van der Waals surface area contributed by atoms with Crippen LogP contribution in [0.3, 0.4) is 0 Å². The van der Waals surface area contributed by atoms with Crippen LogP contribution in [0, 0.1) is 29.1 Å². The number of hydrogen-bond donors (Lipinski definition) is 1. The van der Waals surface area contributed by atoms with E-state index in [4.69, 9.17) is 9.47 Å². The minimum atomic E-state index is -0.832. The average Bonchev–Trinajstić information content (AvgIpc) is 3.00. The lowest BCUT2D eigenvalue weighted by molar-refractivity contribution is -0.148. The van der Waals surface area contributed by atoms with Gasteiger partial charge in [0, 0.05) is 29.7 Å². The Hall–Kier alpha value is -3.06. The molecule has 1 N–H and O–H groups in total. The van der Waals surface area contributed by atoms with Crippen molar-refractivity contribution in [3.63, 3.8) is 0 Å². The lowest BCUT2D eigenvalue weighted by atomic mass is 9.41. The number of thioether (sulfide) groups is 1. The first-order chi connectivity index (χ1) is 21.9. The summed E-state index contributed by atoms with van der Waals surface area (Å²) >= 11 is 1.70. The number of carboxylic acid groups (broad SMARTS) is 1. The van der Waals surface area contributed by atoms with Crippen molar-refractivity contribution in [1.82, 2.24) is 0 Å². The van der Waals surface area contributed by atoms with E-state index in [0.29, 0.717) is 12.3 Å². The van der Waals surface area contributed by atoms with Crippen molar-refractivity contribution in [2.75, 3.05) is 0 Å². The van der Waals surface area contributed by atoms with E-state index >= 15 is 0 Å². The van der Waals surface area contributed by atoms with Crippen LogP contribution in [0.4, 0.5) is 0 Å². The van der Waals surface area contributed by atoms with Gasteiger partial charge in [0.1, 0.15) is 0 Å². The van der Waals surface area contributed by atoms with Crippen molar-refractivity contribution >= 4 is 29.7 Å². The molecule has 1 aromatic carbocycles. The number of allylic oxidation sites excluding steroid dienone is 5. The maximum Gasteiger partial charge on any atom is 0.309 e. The Labute approximate surface area is 287 Å². The van der Waals surface area contributed by atoms with Gasteiger partial charge in [-0.25, -0.2) is 0 Å². The second kappa shape index (κ2) is 14.6. The highest BCUT2D eigenvalue weighted by Crippen LogP contribution is 2.70. The van der Waals surface area contributed by atoms with Crippen molar-refractivity contribution in [2.45, 2.75) is 125 Å². The number of benzene rings is 1. The molecule has 1 aromatic rings. The first-order valence-corrected chi connectivity index (χ1v) is 17.9. The minimum Gasteiger partial charge on any atom is -0.481 e. The number of carbonyl (C=O) groups excluding carboxylic acids is 2. The third-order valence-corrected chi connectivity index (χ3v) is 12.7. The van der Waals surface area contributed by atoms with Crippen LogP contribution in [0.2, 0.25) is 0 Å². The molecule has 258 valence electrons. The summed E-state index contributed by atoms with van der Waals surface area (Å²) in [4.78, 5) is 37.9. The fraction of sp³-hybridized carbons (Fsp3) is 0.575. The summed E-state index contributed by atoms with van der Waals surface area (Å²) in [5.74, 6) is -0.847. The molecular formula is C40H56O6S. The summed E-state index contributed by atoms with van der Waals surface area (Å²) in [5.41, 5.74) is 2.64. The minimum absolute atomic E-state index is 0.130. The third-order valence-electron chi connectivity index (χ3n) is 11.5. The highest BCUT2D eigenvalue weighted by atomic mass is 32.2. The fourth-order valence-corrected chi connectivity index (χ4v) is 9.52. The summed E-state index contributed by atoms with van der Waals surface area (Å²) in [7, 11) is 0. The molecule has 0 aromatic heterocycles. The van der Waals surface area contributed by atoms with Crippen LogP contribution < -0.4 is 9.47 Å². The number of ether oxygens (including phenoxy) is 2. The largest absolute Gasteiger partial charge is 0.481 e. The second-order valence-electron chi connectivity index (χ2n) is 14.6. The lowest BCUT2D eigenvalue weighted by Crippen LogP contribution is -2.55. The van der Waals surface area contributed by atoms with Gasteiger partial charge in [0.05, 0.1) is 10.7 Å². The van der Waals surface area contributed by atoms with E-state index in [1.54, 1.807) is 11.8 Å². The van der Waals surface area contributed by atoms with E-state index in [1.165, 1.54) is 19.4 Å². The standard InChI is InChI=1S/C40H56O6S/c1-13-17-18-29(15-3)47-32-24-33-38(11,30-23-31(45-27(7)41)35(46-28(8)42)26(6)34(30)32)20-22-40(25(5)14-2,39(33,12)16-4)21-19-37(9,10)36(43)44/h13,15,17-18,23-25,32H,3,14,16,19-22H2,1-2,4-12H3,(H,43,44)/b17-13+,29-18+/t25?,32?,38-,39+,40-/m0/s1.